The molecular weight excluding hydrogens is 335 g/mol. The molecule has 0 unspecified atom stereocenters. The summed E-state index contributed by atoms with van der Waals surface area (Å²) in [5, 5.41) is 0. The van der Waals surface area contributed by atoms with Crippen LogP contribution in [-0.4, -0.2) is 14.7 Å². The average molecular weight is 363 g/mol. The van der Waals surface area contributed by atoms with Gasteiger partial charge >= 0.3 is 104 Å². The second-order valence-electron chi connectivity index (χ2n) is 4.40. The summed E-state index contributed by atoms with van der Waals surface area (Å²) in [7, 11) is -4.64. The van der Waals surface area contributed by atoms with Gasteiger partial charge in [-0.2, -0.15) is 0 Å². The van der Waals surface area contributed by atoms with Crippen molar-refractivity contribution < 1.29 is 39.1 Å². The molecule has 0 amide bonds. The van der Waals surface area contributed by atoms with Crippen LogP contribution >= 0.6 is 7.82 Å². The van der Waals surface area contributed by atoms with E-state index in [4.69, 9.17) is 19.2 Å². The Balaban J connectivity index is 0. The summed E-state index contributed by atoms with van der Waals surface area (Å²) in [6.45, 7) is 2.28. The predicted molar refractivity (Wildman–Crippen MR) is 70.9 cm³/mol. The molecule has 0 aromatic rings. The number of hydrogen-bond acceptors (Lipinski definition) is 1. The van der Waals surface area contributed by atoms with E-state index < -0.39 is 7.82 Å². The number of rotatable bonds is 10. The zero-order chi connectivity index (χ0) is 14.3. The number of phosphoric acid groups is 1. The van der Waals surface area contributed by atoms with Crippen molar-refractivity contribution in [2.75, 3.05) is 0 Å². The van der Waals surface area contributed by atoms with Crippen LogP contribution in [0, 0.1) is 0 Å². The molecule has 18 heavy (non-hydrogen) atoms. The standard InChI is InChI=1S/C12H25.Mo.H3O4P/c1-3-5-7-9-11-12-10-8-6-4-2;;1-5(2,3)4/h1,3-12H2,2H3;;(H3,1,2,3,4). The molecule has 111 valence electrons. The number of unbranched alkanes of at least 4 members (excludes halogenated alkanes) is 9. The van der Waals surface area contributed by atoms with E-state index in [0.29, 0.717) is 0 Å². The molecule has 0 spiro atoms. The molecule has 0 saturated carbocycles. The molecule has 0 aliphatic heterocycles. The Morgan fingerprint density at radius 3 is 1.33 bits per heavy atom. The molecule has 0 aromatic carbocycles. The molecule has 0 aliphatic rings. The van der Waals surface area contributed by atoms with Gasteiger partial charge < -0.3 is 14.7 Å². The van der Waals surface area contributed by atoms with Crippen molar-refractivity contribution in [3.05, 3.63) is 0 Å². The van der Waals surface area contributed by atoms with Crippen LogP contribution in [0.2, 0.25) is 4.81 Å². The van der Waals surface area contributed by atoms with Gasteiger partial charge in [0.05, 0.1) is 0 Å². The van der Waals surface area contributed by atoms with Crippen LogP contribution in [0.3, 0.4) is 0 Å². The first-order chi connectivity index (χ1) is 8.41. The van der Waals surface area contributed by atoms with E-state index in [-0.39, 0.29) is 0 Å². The van der Waals surface area contributed by atoms with Crippen molar-refractivity contribution in [1.29, 1.82) is 0 Å². The summed E-state index contributed by atoms with van der Waals surface area (Å²) in [6, 6.07) is 0. The Kier molecular flexibility index (Phi) is 18.6. The van der Waals surface area contributed by atoms with Crippen molar-refractivity contribution in [2.45, 2.75) is 75.9 Å². The molecule has 6 heteroatoms. The molecule has 0 radical (unpaired) electrons. The molecule has 0 heterocycles. The Bertz CT molecular complexity index is 178. The van der Waals surface area contributed by atoms with Crippen molar-refractivity contribution in [3.8, 4) is 0 Å². The first-order valence-electron chi connectivity index (χ1n) is 6.78. The van der Waals surface area contributed by atoms with E-state index in [9.17, 15) is 0 Å². The number of hydrogen-bond donors (Lipinski definition) is 3. The summed E-state index contributed by atoms with van der Waals surface area (Å²) >= 11 is 2.22. The molecule has 3 N–H and O–H groups in total. The summed E-state index contributed by atoms with van der Waals surface area (Å²) in [5.74, 6) is 0. The van der Waals surface area contributed by atoms with Crippen molar-refractivity contribution in [3.63, 3.8) is 0 Å². The first kappa shape index (κ1) is 21.1. The topological polar surface area (TPSA) is 77.8 Å². The van der Waals surface area contributed by atoms with Gasteiger partial charge in [0.1, 0.15) is 0 Å². The van der Waals surface area contributed by atoms with E-state index in [2.05, 4.69) is 26.7 Å². The van der Waals surface area contributed by atoms with Gasteiger partial charge in [-0.1, -0.05) is 0 Å². The maximum atomic E-state index is 8.88. The summed E-state index contributed by atoms with van der Waals surface area (Å²) < 4.78 is 8.88. The quantitative estimate of drug-likeness (QED) is 0.312. The predicted octanol–water partition coefficient (Wildman–Crippen LogP) is 3.94. The van der Waals surface area contributed by atoms with Gasteiger partial charge in [-0.05, 0) is 0 Å². The monoisotopic (exact) mass is 365 g/mol. The van der Waals surface area contributed by atoms with Gasteiger partial charge in [0, 0.05) is 0 Å². The Morgan fingerprint density at radius 2 is 1.06 bits per heavy atom. The minimum absolute atomic E-state index is 1.37. The van der Waals surface area contributed by atoms with Crippen LogP contribution in [0.25, 0.3) is 0 Å². The van der Waals surface area contributed by atoms with Gasteiger partial charge in [0.25, 0.3) is 0 Å². The molecule has 0 saturated heterocycles. The molecule has 4 nitrogen and oxygen atoms in total. The maximum Gasteiger partial charge on any atom is 0.466 e. The molecule has 0 bridgehead atoms. The second kappa shape index (κ2) is 15.9. The Morgan fingerprint density at radius 1 is 0.778 bits per heavy atom. The van der Waals surface area contributed by atoms with Gasteiger partial charge in [0.15, 0.2) is 0 Å². The van der Waals surface area contributed by atoms with Crippen LogP contribution in [0.5, 0.6) is 0 Å². The van der Waals surface area contributed by atoms with E-state index in [1.165, 1.54) is 69.0 Å². The largest absolute Gasteiger partial charge is 0.466 e. The van der Waals surface area contributed by atoms with E-state index in [0.717, 1.165) is 0 Å². The van der Waals surface area contributed by atoms with E-state index in [1.54, 1.807) is 0 Å². The fourth-order valence-electron chi connectivity index (χ4n) is 1.59. The van der Waals surface area contributed by atoms with Gasteiger partial charge in [-0.25, -0.2) is 4.57 Å². The van der Waals surface area contributed by atoms with Crippen molar-refractivity contribution >= 4 is 7.82 Å². The zero-order valence-electron chi connectivity index (χ0n) is 11.4. The average Bonchev–Trinajstić information content (AvgIpc) is 2.25. The Hall–Kier alpha value is 0.798. The van der Waals surface area contributed by atoms with Gasteiger partial charge in [0.2, 0.25) is 0 Å². The van der Waals surface area contributed by atoms with Gasteiger partial charge in [-0.15, -0.1) is 0 Å². The minimum atomic E-state index is -4.64. The summed E-state index contributed by atoms with van der Waals surface area (Å²) in [4.78, 5) is 22.9. The first-order valence-corrected chi connectivity index (χ1v) is 9.76. The van der Waals surface area contributed by atoms with E-state index >= 15 is 0 Å². The fourth-order valence-corrected chi connectivity index (χ4v) is 2.09. The summed E-state index contributed by atoms with van der Waals surface area (Å²) in [5.41, 5.74) is 0. The minimum Gasteiger partial charge on any atom is -0.303 e. The molecular formula is C12H28MoO4P. The SMILES string of the molecule is CCCCCCCCCCC[CH2][Mo].O=P(O)(O)O. The molecule has 0 rings (SSSR count). The fraction of sp³-hybridized carbons (Fsp3) is 1.00. The molecule has 0 aliphatic carbocycles. The smallest absolute Gasteiger partial charge is 0.303 e. The Labute approximate surface area is 123 Å². The molecule has 0 aromatic heterocycles. The van der Waals surface area contributed by atoms with Crippen LogP contribution in [0.15, 0.2) is 0 Å². The third kappa shape index (κ3) is 36.0. The molecule has 0 fully saturated rings. The maximum absolute atomic E-state index is 8.88. The molecule has 0 atom stereocenters. The van der Waals surface area contributed by atoms with Crippen LogP contribution in [-0.2, 0) is 24.4 Å². The van der Waals surface area contributed by atoms with Crippen LogP contribution in [0.1, 0.15) is 71.1 Å². The van der Waals surface area contributed by atoms with Crippen molar-refractivity contribution in [2.24, 2.45) is 0 Å². The van der Waals surface area contributed by atoms with Crippen LogP contribution < -0.4 is 0 Å². The third-order valence-electron chi connectivity index (χ3n) is 2.50. The third-order valence-corrected chi connectivity index (χ3v) is 3.21. The zero-order valence-corrected chi connectivity index (χ0v) is 14.3. The second-order valence-corrected chi connectivity index (χ2v) is 6.43. The normalized spacial score (nSPS) is 10.9. The van der Waals surface area contributed by atoms with E-state index in [1.807, 2.05) is 0 Å². The van der Waals surface area contributed by atoms with Crippen LogP contribution in [0.4, 0.5) is 0 Å². The summed E-state index contributed by atoms with van der Waals surface area (Å²) in [6.07, 6.45) is 14.6. The van der Waals surface area contributed by atoms with Crippen molar-refractivity contribution in [1.82, 2.24) is 0 Å². The van der Waals surface area contributed by atoms with Gasteiger partial charge in [-0.3, -0.25) is 0 Å².